The molecule has 3 N–H and O–H groups in total. The molecule has 0 amide bonds. The van der Waals surface area contributed by atoms with Gasteiger partial charge in [0.1, 0.15) is 0 Å². The Hall–Kier alpha value is -0.280. The average Bonchev–Trinajstić information content (AvgIpc) is 2.18. The van der Waals surface area contributed by atoms with Gasteiger partial charge in [0.15, 0.2) is 0 Å². The van der Waals surface area contributed by atoms with E-state index in [-0.39, 0.29) is 30.3 Å². The third-order valence-corrected chi connectivity index (χ3v) is 3.74. The number of halogens is 1. The van der Waals surface area contributed by atoms with Crippen molar-refractivity contribution in [2.75, 3.05) is 0 Å². The standard InChI is InChI=1S/C12H23NO2.ClH/c1-2-6-10(13)12(9-11(14)15)7-4-3-5-8-12;/h10H,2-9,13H2,1H3,(H,14,15);1H. The molecule has 4 heteroatoms. The summed E-state index contributed by atoms with van der Waals surface area (Å²) in [4.78, 5) is 10.9. The van der Waals surface area contributed by atoms with Crippen LogP contribution in [-0.2, 0) is 4.79 Å². The highest BCUT2D eigenvalue weighted by Crippen LogP contribution is 2.42. The zero-order valence-corrected chi connectivity index (χ0v) is 10.9. The van der Waals surface area contributed by atoms with E-state index in [9.17, 15) is 4.79 Å². The van der Waals surface area contributed by atoms with Crippen LogP contribution in [0, 0.1) is 5.41 Å². The van der Waals surface area contributed by atoms with Crippen LogP contribution >= 0.6 is 12.4 Å². The lowest BCUT2D eigenvalue weighted by Gasteiger charge is -2.41. The van der Waals surface area contributed by atoms with Gasteiger partial charge < -0.3 is 10.8 Å². The monoisotopic (exact) mass is 249 g/mol. The van der Waals surface area contributed by atoms with Gasteiger partial charge in [0.25, 0.3) is 0 Å². The van der Waals surface area contributed by atoms with Crippen LogP contribution in [0.2, 0.25) is 0 Å². The van der Waals surface area contributed by atoms with E-state index in [0.29, 0.717) is 0 Å². The second-order valence-corrected chi connectivity index (χ2v) is 4.89. The summed E-state index contributed by atoms with van der Waals surface area (Å²) in [6.07, 6.45) is 7.78. The maximum atomic E-state index is 10.9. The van der Waals surface area contributed by atoms with Crippen molar-refractivity contribution < 1.29 is 9.90 Å². The molecule has 0 heterocycles. The van der Waals surface area contributed by atoms with Gasteiger partial charge in [0.05, 0.1) is 6.42 Å². The van der Waals surface area contributed by atoms with Gasteiger partial charge in [0, 0.05) is 6.04 Å². The molecule has 3 nitrogen and oxygen atoms in total. The average molecular weight is 250 g/mol. The van der Waals surface area contributed by atoms with Crippen molar-refractivity contribution in [2.24, 2.45) is 11.1 Å². The summed E-state index contributed by atoms with van der Waals surface area (Å²) in [5.74, 6) is -0.691. The lowest BCUT2D eigenvalue weighted by molar-refractivity contribution is -0.141. The summed E-state index contributed by atoms with van der Waals surface area (Å²) in [7, 11) is 0. The van der Waals surface area contributed by atoms with E-state index in [1.54, 1.807) is 0 Å². The van der Waals surface area contributed by atoms with Crippen molar-refractivity contribution >= 4 is 18.4 Å². The van der Waals surface area contributed by atoms with Gasteiger partial charge in [-0.15, -0.1) is 12.4 Å². The zero-order chi connectivity index (χ0) is 11.3. The lowest BCUT2D eigenvalue weighted by atomic mass is 9.66. The predicted molar refractivity (Wildman–Crippen MR) is 67.9 cm³/mol. The predicted octanol–water partition coefficient (Wildman–Crippen LogP) is 2.96. The molecule has 1 saturated carbocycles. The normalized spacial score (nSPS) is 20.9. The van der Waals surface area contributed by atoms with Crippen molar-refractivity contribution in [1.82, 2.24) is 0 Å². The van der Waals surface area contributed by atoms with Crippen molar-refractivity contribution in [3.63, 3.8) is 0 Å². The van der Waals surface area contributed by atoms with Crippen LogP contribution in [0.5, 0.6) is 0 Å². The molecule has 0 aromatic rings. The van der Waals surface area contributed by atoms with Crippen molar-refractivity contribution in [3.05, 3.63) is 0 Å². The number of carbonyl (C=O) groups is 1. The third kappa shape index (κ3) is 3.95. The number of carboxylic acids is 1. The molecular weight excluding hydrogens is 226 g/mol. The Morgan fingerprint density at radius 2 is 1.94 bits per heavy atom. The molecule has 0 spiro atoms. The van der Waals surface area contributed by atoms with Gasteiger partial charge in [-0.05, 0) is 24.7 Å². The van der Waals surface area contributed by atoms with E-state index >= 15 is 0 Å². The molecule has 1 fully saturated rings. The minimum Gasteiger partial charge on any atom is -0.481 e. The summed E-state index contributed by atoms with van der Waals surface area (Å²) < 4.78 is 0. The highest BCUT2D eigenvalue weighted by Gasteiger charge is 2.39. The van der Waals surface area contributed by atoms with Gasteiger partial charge in [-0.3, -0.25) is 4.79 Å². The Balaban J connectivity index is 0.00000225. The van der Waals surface area contributed by atoms with Crippen molar-refractivity contribution in [1.29, 1.82) is 0 Å². The number of carboxylic acid groups (broad SMARTS) is 1. The van der Waals surface area contributed by atoms with Gasteiger partial charge >= 0.3 is 5.97 Å². The molecule has 0 bridgehead atoms. The quantitative estimate of drug-likeness (QED) is 0.788. The van der Waals surface area contributed by atoms with Gasteiger partial charge in [-0.1, -0.05) is 32.6 Å². The smallest absolute Gasteiger partial charge is 0.303 e. The van der Waals surface area contributed by atoms with Crippen LogP contribution in [0.15, 0.2) is 0 Å². The molecular formula is C12H24ClNO2. The Bertz CT molecular complexity index is 215. The number of rotatable bonds is 5. The van der Waals surface area contributed by atoms with E-state index in [0.717, 1.165) is 38.5 Å². The summed E-state index contributed by atoms with van der Waals surface area (Å²) in [5.41, 5.74) is 6.07. The van der Waals surface area contributed by atoms with E-state index in [2.05, 4.69) is 6.92 Å². The second kappa shape index (κ2) is 7.13. The van der Waals surface area contributed by atoms with Crippen molar-refractivity contribution in [3.8, 4) is 0 Å². The maximum absolute atomic E-state index is 10.9. The highest BCUT2D eigenvalue weighted by atomic mass is 35.5. The molecule has 1 atom stereocenters. The molecule has 1 aliphatic carbocycles. The van der Waals surface area contributed by atoms with Crippen molar-refractivity contribution in [2.45, 2.75) is 64.3 Å². The molecule has 0 aromatic carbocycles. The minimum absolute atomic E-state index is 0. The Labute approximate surface area is 104 Å². The number of aliphatic carboxylic acids is 1. The van der Waals surface area contributed by atoms with Crippen LogP contribution in [0.3, 0.4) is 0 Å². The van der Waals surface area contributed by atoms with Crippen LogP contribution in [0.4, 0.5) is 0 Å². The Kier molecular flexibility index (Phi) is 7.00. The fourth-order valence-electron chi connectivity index (χ4n) is 2.85. The zero-order valence-electron chi connectivity index (χ0n) is 10.1. The van der Waals surface area contributed by atoms with E-state index in [1.165, 1.54) is 6.42 Å². The molecule has 96 valence electrons. The number of hydrogen-bond donors (Lipinski definition) is 2. The van der Waals surface area contributed by atoms with E-state index < -0.39 is 5.97 Å². The number of hydrogen-bond acceptors (Lipinski definition) is 2. The summed E-state index contributed by atoms with van der Waals surface area (Å²) in [6, 6.07) is 0.0684. The van der Waals surface area contributed by atoms with Crippen LogP contribution < -0.4 is 5.73 Å². The molecule has 0 aromatic heterocycles. The minimum atomic E-state index is -0.691. The van der Waals surface area contributed by atoms with Gasteiger partial charge in [0.2, 0.25) is 0 Å². The molecule has 0 radical (unpaired) electrons. The first-order valence-corrected chi connectivity index (χ1v) is 6.08. The van der Waals surface area contributed by atoms with E-state index in [1.807, 2.05) is 0 Å². The molecule has 16 heavy (non-hydrogen) atoms. The Morgan fingerprint density at radius 3 is 2.38 bits per heavy atom. The molecule has 0 saturated heterocycles. The second-order valence-electron chi connectivity index (χ2n) is 4.89. The number of nitrogens with two attached hydrogens (primary N) is 1. The van der Waals surface area contributed by atoms with Gasteiger partial charge in [-0.25, -0.2) is 0 Å². The molecule has 1 aliphatic rings. The SMILES string of the molecule is CCCC(N)C1(CC(=O)O)CCCCC1.Cl. The van der Waals surface area contributed by atoms with Crippen LogP contribution in [0.25, 0.3) is 0 Å². The first kappa shape index (κ1) is 15.7. The summed E-state index contributed by atoms with van der Waals surface area (Å²) in [6.45, 7) is 2.11. The first-order valence-electron chi connectivity index (χ1n) is 6.08. The fourth-order valence-corrected chi connectivity index (χ4v) is 2.85. The van der Waals surface area contributed by atoms with Crippen LogP contribution in [-0.4, -0.2) is 17.1 Å². The largest absolute Gasteiger partial charge is 0.481 e. The topological polar surface area (TPSA) is 63.3 Å². The third-order valence-electron chi connectivity index (χ3n) is 3.74. The van der Waals surface area contributed by atoms with E-state index in [4.69, 9.17) is 10.8 Å². The molecule has 0 aliphatic heterocycles. The first-order chi connectivity index (χ1) is 7.10. The fraction of sp³-hybridized carbons (Fsp3) is 0.917. The molecule has 1 unspecified atom stereocenters. The Morgan fingerprint density at radius 1 is 1.38 bits per heavy atom. The van der Waals surface area contributed by atoms with Gasteiger partial charge in [-0.2, -0.15) is 0 Å². The lowest BCUT2D eigenvalue weighted by Crippen LogP contribution is -2.44. The highest BCUT2D eigenvalue weighted by molar-refractivity contribution is 5.85. The van der Waals surface area contributed by atoms with Crippen LogP contribution in [0.1, 0.15) is 58.3 Å². The summed E-state index contributed by atoms with van der Waals surface area (Å²) >= 11 is 0. The summed E-state index contributed by atoms with van der Waals surface area (Å²) in [5, 5.41) is 8.99. The molecule has 1 rings (SSSR count). The maximum Gasteiger partial charge on any atom is 0.303 e.